The van der Waals surface area contributed by atoms with Crippen LogP contribution in [0, 0.1) is 6.92 Å². The van der Waals surface area contributed by atoms with Gasteiger partial charge in [-0.05, 0) is 47.7 Å². The van der Waals surface area contributed by atoms with Crippen molar-refractivity contribution in [2.45, 2.75) is 33.2 Å². The van der Waals surface area contributed by atoms with E-state index in [-0.39, 0.29) is 19.1 Å². The van der Waals surface area contributed by atoms with Crippen LogP contribution in [0.15, 0.2) is 42.5 Å². The second-order valence-corrected chi connectivity index (χ2v) is 7.47. The summed E-state index contributed by atoms with van der Waals surface area (Å²) in [5.74, 6) is 0.0873. The lowest BCUT2D eigenvalue weighted by Crippen LogP contribution is -2.29. The van der Waals surface area contributed by atoms with E-state index in [1.165, 1.54) is 0 Å². The molecule has 0 aliphatic heterocycles. The third-order valence-electron chi connectivity index (χ3n) is 4.53. The van der Waals surface area contributed by atoms with Crippen LogP contribution >= 0.6 is 0 Å². The number of esters is 1. The summed E-state index contributed by atoms with van der Waals surface area (Å²) in [5, 5.41) is 2.74. The fraction of sp³-hybridized carbons (Fsp3) is 0.391. The highest BCUT2D eigenvalue weighted by Gasteiger charge is 2.11. The van der Waals surface area contributed by atoms with Crippen LogP contribution in [0.5, 0.6) is 5.75 Å². The number of hydrogen-bond donors (Lipinski definition) is 1. The highest BCUT2D eigenvalue weighted by atomic mass is 16.6. The van der Waals surface area contributed by atoms with Gasteiger partial charge in [0, 0.05) is 26.3 Å². The van der Waals surface area contributed by atoms with E-state index in [0.717, 1.165) is 22.4 Å². The van der Waals surface area contributed by atoms with E-state index in [2.05, 4.69) is 19.2 Å². The maximum Gasteiger partial charge on any atom is 0.344 e. The van der Waals surface area contributed by atoms with Crippen LogP contribution in [0.1, 0.15) is 36.5 Å². The second kappa shape index (κ2) is 10.5. The molecule has 1 N–H and O–H groups in total. The minimum atomic E-state index is -0.579. The van der Waals surface area contributed by atoms with Crippen molar-refractivity contribution >= 4 is 17.6 Å². The lowest BCUT2D eigenvalue weighted by Gasteiger charge is -2.13. The smallest absolute Gasteiger partial charge is 0.344 e. The van der Waals surface area contributed by atoms with Crippen molar-refractivity contribution in [3.63, 3.8) is 0 Å². The Morgan fingerprint density at radius 3 is 2.34 bits per heavy atom. The molecule has 6 nitrogen and oxygen atoms in total. The summed E-state index contributed by atoms with van der Waals surface area (Å²) in [6.45, 7) is 5.92. The van der Waals surface area contributed by atoms with E-state index in [0.29, 0.717) is 18.2 Å². The standard InChI is InChI=1S/C23H30N2O4/c1-16(2)19-9-6-17(3)21(12-19)28-15-23(27)29-14-22(26)24-13-18-7-10-20(11-8-18)25(4)5/h6-12,16H,13-15H2,1-5H3,(H,24,26). The Morgan fingerprint density at radius 2 is 1.72 bits per heavy atom. The number of aryl methyl sites for hydroxylation is 1. The van der Waals surface area contributed by atoms with Gasteiger partial charge in [-0.15, -0.1) is 0 Å². The van der Waals surface area contributed by atoms with Crippen molar-refractivity contribution in [3.05, 3.63) is 59.2 Å². The van der Waals surface area contributed by atoms with Crippen molar-refractivity contribution < 1.29 is 19.1 Å². The summed E-state index contributed by atoms with van der Waals surface area (Å²) >= 11 is 0. The van der Waals surface area contributed by atoms with Crippen LogP contribution in [-0.4, -0.2) is 39.2 Å². The topological polar surface area (TPSA) is 67.9 Å². The average molecular weight is 399 g/mol. The van der Waals surface area contributed by atoms with Gasteiger partial charge in [-0.25, -0.2) is 4.79 Å². The molecule has 0 unspecified atom stereocenters. The van der Waals surface area contributed by atoms with Crippen molar-refractivity contribution in [1.29, 1.82) is 0 Å². The SMILES string of the molecule is Cc1ccc(C(C)C)cc1OCC(=O)OCC(=O)NCc1ccc(N(C)C)cc1. The van der Waals surface area contributed by atoms with E-state index in [4.69, 9.17) is 9.47 Å². The Labute approximate surface area is 172 Å². The third kappa shape index (κ3) is 7.14. The number of benzene rings is 2. The molecule has 0 aliphatic rings. The van der Waals surface area contributed by atoms with Gasteiger partial charge in [0.05, 0.1) is 0 Å². The van der Waals surface area contributed by atoms with Gasteiger partial charge in [0.15, 0.2) is 13.2 Å². The quantitative estimate of drug-likeness (QED) is 0.656. The maximum atomic E-state index is 11.9. The Kier molecular flexibility index (Phi) is 8.07. The summed E-state index contributed by atoms with van der Waals surface area (Å²) in [7, 11) is 3.94. The molecule has 0 spiro atoms. The van der Waals surface area contributed by atoms with Crippen molar-refractivity contribution in [1.82, 2.24) is 5.32 Å². The maximum absolute atomic E-state index is 11.9. The van der Waals surface area contributed by atoms with Crippen LogP contribution in [0.25, 0.3) is 0 Å². The lowest BCUT2D eigenvalue weighted by molar-refractivity contribution is -0.150. The van der Waals surface area contributed by atoms with Crippen LogP contribution in [0.2, 0.25) is 0 Å². The number of amides is 1. The summed E-state index contributed by atoms with van der Waals surface area (Å²) in [4.78, 5) is 25.8. The number of nitrogens with one attached hydrogen (secondary N) is 1. The molecule has 0 saturated heterocycles. The third-order valence-corrected chi connectivity index (χ3v) is 4.53. The first-order chi connectivity index (χ1) is 13.8. The van der Waals surface area contributed by atoms with Crippen LogP contribution in [0.4, 0.5) is 5.69 Å². The van der Waals surface area contributed by atoms with E-state index >= 15 is 0 Å². The zero-order valence-corrected chi connectivity index (χ0v) is 17.8. The van der Waals surface area contributed by atoms with E-state index < -0.39 is 5.97 Å². The molecule has 0 fully saturated rings. The van der Waals surface area contributed by atoms with Gasteiger partial charge in [-0.3, -0.25) is 4.79 Å². The minimum Gasteiger partial charge on any atom is -0.482 e. The van der Waals surface area contributed by atoms with Gasteiger partial charge in [0.2, 0.25) is 0 Å². The molecule has 0 bridgehead atoms. The van der Waals surface area contributed by atoms with Gasteiger partial charge in [0.25, 0.3) is 5.91 Å². The van der Waals surface area contributed by atoms with E-state index in [1.807, 2.05) is 68.4 Å². The largest absolute Gasteiger partial charge is 0.482 e. The first kappa shape index (κ1) is 22.3. The summed E-state index contributed by atoms with van der Waals surface area (Å²) in [5.41, 5.74) is 4.14. The van der Waals surface area contributed by atoms with Gasteiger partial charge >= 0.3 is 5.97 Å². The number of rotatable bonds is 9. The molecular formula is C23H30N2O4. The molecule has 0 aromatic heterocycles. The van der Waals surface area contributed by atoms with Crippen molar-refractivity contribution in [3.8, 4) is 5.75 Å². The molecule has 29 heavy (non-hydrogen) atoms. The van der Waals surface area contributed by atoms with Crippen molar-refractivity contribution in [2.75, 3.05) is 32.2 Å². The molecule has 0 radical (unpaired) electrons. The molecule has 0 aliphatic carbocycles. The molecule has 2 rings (SSSR count). The number of hydrogen-bond acceptors (Lipinski definition) is 5. The molecule has 6 heteroatoms. The fourth-order valence-electron chi connectivity index (χ4n) is 2.62. The first-order valence-corrected chi connectivity index (χ1v) is 9.68. The summed E-state index contributed by atoms with van der Waals surface area (Å²) in [6, 6.07) is 13.8. The van der Waals surface area contributed by atoms with E-state index in [1.54, 1.807) is 0 Å². The predicted molar refractivity (Wildman–Crippen MR) is 114 cm³/mol. The normalized spacial score (nSPS) is 10.6. The molecule has 0 saturated carbocycles. The number of carbonyl (C=O) groups is 2. The van der Waals surface area contributed by atoms with Crippen LogP contribution in [-0.2, 0) is 20.9 Å². The van der Waals surface area contributed by atoms with Crippen LogP contribution in [0.3, 0.4) is 0 Å². The summed E-state index contributed by atoms with van der Waals surface area (Å²) < 4.78 is 10.6. The van der Waals surface area contributed by atoms with Gasteiger partial charge < -0.3 is 19.7 Å². The highest BCUT2D eigenvalue weighted by molar-refractivity contribution is 5.80. The molecule has 0 heterocycles. The van der Waals surface area contributed by atoms with E-state index in [9.17, 15) is 9.59 Å². The number of anilines is 1. The highest BCUT2D eigenvalue weighted by Crippen LogP contribution is 2.24. The average Bonchev–Trinajstić information content (AvgIpc) is 2.70. The number of carbonyl (C=O) groups excluding carboxylic acids is 2. The predicted octanol–water partition coefficient (Wildman–Crippen LogP) is 3.42. The Hall–Kier alpha value is -3.02. The molecule has 0 atom stereocenters. The zero-order chi connectivity index (χ0) is 21.4. The zero-order valence-electron chi connectivity index (χ0n) is 17.8. The van der Waals surface area contributed by atoms with Crippen molar-refractivity contribution in [2.24, 2.45) is 0 Å². The van der Waals surface area contributed by atoms with Gasteiger partial charge in [-0.2, -0.15) is 0 Å². The summed E-state index contributed by atoms with van der Waals surface area (Å²) in [6.07, 6.45) is 0. The van der Waals surface area contributed by atoms with Crippen LogP contribution < -0.4 is 15.0 Å². The fourth-order valence-corrected chi connectivity index (χ4v) is 2.62. The Balaban J connectivity index is 1.73. The number of nitrogens with zero attached hydrogens (tertiary/aromatic N) is 1. The molecule has 2 aromatic rings. The molecular weight excluding hydrogens is 368 g/mol. The molecule has 1 amide bonds. The molecule has 2 aromatic carbocycles. The molecule has 156 valence electrons. The number of ether oxygens (including phenoxy) is 2. The lowest BCUT2D eigenvalue weighted by atomic mass is 10.0. The van der Waals surface area contributed by atoms with Gasteiger partial charge in [0.1, 0.15) is 5.75 Å². The van der Waals surface area contributed by atoms with Gasteiger partial charge in [-0.1, -0.05) is 38.1 Å². The second-order valence-electron chi connectivity index (χ2n) is 7.47. The Morgan fingerprint density at radius 1 is 1.03 bits per heavy atom. The monoisotopic (exact) mass is 398 g/mol. The Bertz CT molecular complexity index is 829. The first-order valence-electron chi connectivity index (χ1n) is 9.68. The minimum absolute atomic E-state index is 0.234.